The number of likely N-dealkylation sites (tertiary alicyclic amines) is 1. The number of hydrogen-bond acceptors (Lipinski definition) is 2. The van der Waals surface area contributed by atoms with E-state index in [0.717, 1.165) is 43.6 Å². The lowest BCUT2D eigenvalue weighted by Gasteiger charge is -2.36. The van der Waals surface area contributed by atoms with Crippen LogP contribution in [0.3, 0.4) is 0 Å². The van der Waals surface area contributed by atoms with Gasteiger partial charge in [-0.15, -0.1) is 0 Å². The number of carbonyl (C=O) groups is 1. The summed E-state index contributed by atoms with van der Waals surface area (Å²) in [6, 6.07) is 0. The highest BCUT2D eigenvalue weighted by atomic mass is 16.1. The predicted octanol–water partition coefficient (Wildman–Crippen LogP) is 3.36. The van der Waals surface area contributed by atoms with Crippen LogP contribution in [-0.4, -0.2) is 30.3 Å². The molecule has 2 aliphatic rings. The van der Waals surface area contributed by atoms with Crippen LogP contribution in [0.4, 0.5) is 0 Å². The Morgan fingerprint density at radius 1 is 1.22 bits per heavy atom. The van der Waals surface area contributed by atoms with Gasteiger partial charge in [-0.3, -0.25) is 4.79 Å². The van der Waals surface area contributed by atoms with Crippen LogP contribution in [0, 0.1) is 23.7 Å². The van der Waals surface area contributed by atoms with Gasteiger partial charge in [-0.2, -0.15) is 0 Å². The highest BCUT2D eigenvalue weighted by molar-refractivity contribution is 5.82. The van der Waals surface area contributed by atoms with E-state index in [-0.39, 0.29) is 0 Å². The molecule has 0 aromatic heterocycles. The lowest BCUT2D eigenvalue weighted by atomic mass is 9.75. The molecule has 2 nitrogen and oxygen atoms in total. The van der Waals surface area contributed by atoms with Crippen LogP contribution in [0.15, 0.2) is 0 Å². The second-order valence-corrected chi connectivity index (χ2v) is 6.92. The number of piperidine rings is 1. The van der Waals surface area contributed by atoms with E-state index in [1.54, 1.807) is 0 Å². The molecule has 1 saturated heterocycles. The lowest BCUT2D eigenvalue weighted by Crippen LogP contribution is -2.41. The molecule has 0 amide bonds. The van der Waals surface area contributed by atoms with Crippen molar-refractivity contribution < 1.29 is 4.79 Å². The summed E-state index contributed by atoms with van der Waals surface area (Å²) in [5, 5.41) is 0. The minimum Gasteiger partial charge on any atom is -0.303 e. The summed E-state index contributed by atoms with van der Waals surface area (Å²) in [5.41, 5.74) is 0. The lowest BCUT2D eigenvalue weighted by molar-refractivity contribution is -0.126. The summed E-state index contributed by atoms with van der Waals surface area (Å²) in [4.78, 5) is 14.6. The molecule has 2 atom stereocenters. The maximum absolute atomic E-state index is 12.1. The van der Waals surface area contributed by atoms with Gasteiger partial charge in [0.25, 0.3) is 0 Å². The largest absolute Gasteiger partial charge is 0.303 e. The van der Waals surface area contributed by atoms with Crippen LogP contribution >= 0.6 is 0 Å². The molecule has 0 aromatic carbocycles. The van der Waals surface area contributed by atoms with E-state index in [1.165, 1.54) is 25.9 Å². The molecule has 1 saturated carbocycles. The van der Waals surface area contributed by atoms with Gasteiger partial charge < -0.3 is 4.90 Å². The first-order valence-electron chi connectivity index (χ1n) is 7.81. The van der Waals surface area contributed by atoms with Crippen molar-refractivity contribution in [1.82, 2.24) is 4.90 Å². The molecule has 0 spiro atoms. The maximum atomic E-state index is 12.1. The highest BCUT2D eigenvalue weighted by Gasteiger charge is 2.31. The number of carbonyl (C=O) groups excluding carboxylic acids is 1. The first-order chi connectivity index (χ1) is 8.56. The van der Waals surface area contributed by atoms with E-state index >= 15 is 0 Å². The van der Waals surface area contributed by atoms with E-state index in [1.807, 2.05) is 0 Å². The van der Waals surface area contributed by atoms with Crippen molar-refractivity contribution in [2.24, 2.45) is 23.7 Å². The molecule has 0 radical (unpaired) electrons. The fourth-order valence-corrected chi connectivity index (χ4v) is 3.48. The minimum absolute atomic E-state index is 0.333. The molecule has 2 heteroatoms. The van der Waals surface area contributed by atoms with Gasteiger partial charge in [-0.05, 0) is 56.5 Å². The Bertz CT molecular complexity index is 279. The van der Waals surface area contributed by atoms with Crippen LogP contribution in [0.2, 0.25) is 0 Å². The smallest absolute Gasteiger partial charge is 0.137 e. The SMILES string of the molecule is CC1CCN(CC2CC(C(C)C)CCC2=O)CC1. The van der Waals surface area contributed by atoms with Crippen molar-refractivity contribution in [2.75, 3.05) is 19.6 Å². The molecule has 18 heavy (non-hydrogen) atoms. The van der Waals surface area contributed by atoms with Crippen LogP contribution in [-0.2, 0) is 4.79 Å². The molecular formula is C16H29NO. The van der Waals surface area contributed by atoms with Gasteiger partial charge in [0.2, 0.25) is 0 Å². The van der Waals surface area contributed by atoms with Gasteiger partial charge in [0.1, 0.15) is 5.78 Å². The third-order valence-corrected chi connectivity index (χ3v) is 5.10. The average Bonchev–Trinajstić information content (AvgIpc) is 2.34. The Hall–Kier alpha value is -0.370. The molecule has 0 bridgehead atoms. The number of hydrogen-bond donors (Lipinski definition) is 0. The number of nitrogens with zero attached hydrogens (tertiary/aromatic N) is 1. The molecule has 1 aliphatic carbocycles. The number of Topliss-reactive ketones (excluding diaryl/α,β-unsaturated/α-hetero) is 1. The van der Waals surface area contributed by atoms with E-state index in [0.29, 0.717) is 11.7 Å². The van der Waals surface area contributed by atoms with E-state index in [9.17, 15) is 4.79 Å². The summed E-state index contributed by atoms with van der Waals surface area (Å²) < 4.78 is 0. The highest BCUT2D eigenvalue weighted by Crippen LogP contribution is 2.32. The Morgan fingerprint density at radius 2 is 1.89 bits per heavy atom. The monoisotopic (exact) mass is 251 g/mol. The average molecular weight is 251 g/mol. The Labute approximate surface area is 112 Å². The van der Waals surface area contributed by atoms with Gasteiger partial charge in [0.05, 0.1) is 0 Å². The van der Waals surface area contributed by atoms with Crippen LogP contribution in [0.5, 0.6) is 0 Å². The van der Waals surface area contributed by atoms with Crippen molar-refractivity contribution in [3.05, 3.63) is 0 Å². The summed E-state index contributed by atoms with van der Waals surface area (Å²) in [6.45, 7) is 10.4. The Balaban J connectivity index is 1.85. The molecule has 2 rings (SSSR count). The number of rotatable bonds is 3. The molecule has 1 heterocycles. The molecular weight excluding hydrogens is 222 g/mol. The summed E-state index contributed by atoms with van der Waals surface area (Å²) in [6.07, 6.45) is 5.73. The first-order valence-corrected chi connectivity index (χ1v) is 7.81. The molecule has 0 N–H and O–H groups in total. The van der Waals surface area contributed by atoms with E-state index < -0.39 is 0 Å². The van der Waals surface area contributed by atoms with Crippen LogP contribution in [0.1, 0.15) is 52.9 Å². The van der Waals surface area contributed by atoms with Crippen molar-refractivity contribution in [3.8, 4) is 0 Å². The van der Waals surface area contributed by atoms with Crippen molar-refractivity contribution in [3.63, 3.8) is 0 Å². The van der Waals surface area contributed by atoms with Crippen LogP contribution in [0.25, 0.3) is 0 Å². The van der Waals surface area contributed by atoms with Gasteiger partial charge in [-0.1, -0.05) is 20.8 Å². The van der Waals surface area contributed by atoms with Gasteiger partial charge in [-0.25, -0.2) is 0 Å². The van der Waals surface area contributed by atoms with E-state index in [4.69, 9.17) is 0 Å². The molecule has 2 fully saturated rings. The van der Waals surface area contributed by atoms with Gasteiger partial charge >= 0.3 is 0 Å². The Morgan fingerprint density at radius 3 is 2.50 bits per heavy atom. The zero-order valence-electron chi connectivity index (χ0n) is 12.3. The number of ketones is 1. The molecule has 104 valence electrons. The predicted molar refractivity (Wildman–Crippen MR) is 75.5 cm³/mol. The third kappa shape index (κ3) is 3.57. The second-order valence-electron chi connectivity index (χ2n) is 6.92. The fraction of sp³-hybridized carbons (Fsp3) is 0.938. The maximum Gasteiger partial charge on any atom is 0.137 e. The third-order valence-electron chi connectivity index (χ3n) is 5.10. The quantitative estimate of drug-likeness (QED) is 0.766. The van der Waals surface area contributed by atoms with Gasteiger partial charge in [0, 0.05) is 18.9 Å². The van der Waals surface area contributed by atoms with Crippen molar-refractivity contribution in [1.29, 1.82) is 0 Å². The van der Waals surface area contributed by atoms with E-state index in [2.05, 4.69) is 25.7 Å². The molecule has 0 aromatic rings. The zero-order chi connectivity index (χ0) is 13.1. The van der Waals surface area contributed by atoms with Crippen molar-refractivity contribution in [2.45, 2.75) is 52.9 Å². The Kier molecular flexibility index (Phi) is 4.83. The normalized spacial score (nSPS) is 32.1. The molecule has 1 aliphatic heterocycles. The zero-order valence-corrected chi connectivity index (χ0v) is 12.3. The first kappa shape index (κ1) is 14.0. The molecule has 2 unspecified atom stereocenters. The second kappa shape index (κ2) is 6.18. The summed E-state index contributed by atoms with van der Waals surface area (Å²) >= 11 is 0. The fourth-order valence-electron chi connectivity index (χ4n) is 3.48. The van der Waals surface area contributed by atoms with Gasteiger partial charge in [0.15, 0.2) is 0 Å². The minimum atomic E-state index is 0.333. The summed E-state index contributed by atoms with van der Waals surface area (Å²) in [7, 11) is 0. The summed E-state index contributed by atoms with van der Waals surface area (Å²) in [5.74, 6) is 3.26. The topological polar surface area (TPSA) is 20.3 Å². The van der Waals surface area contributed by atoms with Crippen molar-refractivity contribution >= 4 is 5.78 Å². The standard InChI is InChI=1S/C16H29NO/c1-12(2)14-4-5-16(18)15(10-14)11-17-8-6-13(3)7-9-17/h12-15H,4-11H2,1-3H3. The van der Waals surface area contributed by atoms with Crippen LogP contribution < -0.4 is 0 Å².